The molecular weight excluding hydrogens is 432 g/mol. The number of nitriles is 1. The van der Waals surface area contributed by atoms with E-state index in [-0.39, 0.29) is 27.6 Å². The number of hydrogen-bond acceptors (Lipinski definition) is 10. The average Bonchev–Trinajstić information content (AvgIpc) is 3.53. The Morgan fingerprint density at radius 2 is 1.97 bits per heavy atom. The second-order valence-corrected chi connectivity index (χ2v) is 7.65. The fourth-order valence-corrected chi connectivity index (χ4v) is 4.46. The molecule has 0 fully saturated rings. The first-order valence-corrected chi connectivity index (χ1v) is 9.97. The zero-order valence-corrected chi connectivity index (χ0v) is 16.9. The summed E-state index contributed by atoms with van der Waals surface area (Å²) in [5, 5.41) is 26.0. The van der Waals surface area contributed by atoms with E-state index in [1.807, 2.05) is 6.07 Å². The van der Waals surface area contributed by atoms with Crippen LogP contribution in [0.3, 0.4) is 0 Å². The number of benzene rings is 1. The normalized spacial score (nSPS) is 11.0. The Balaban J connectivity index is 1.76. The van der Waals surface area contributed by atoms with Crippen molar-refractivity contribution < 1.29 is 23.5 Å². The average molecular weight is 444 g/mol. The van der Waals surface area contributed by atoms with Gasteiger partial charge in [-0.15, -0.1) is 11.3 Å². The number of anilines is 2. The van der Waals surface area contributed by atoms with Crippen LogP contribution in [0.25, 0.3) is 27.2 Å². The Bertz CT molecular complexity index is 1530. The van der Waals surface area contributed by atoms with Crippen molar-refractivity contribution in [3.63, 3.8) is 0 Å². The van der Waals surface area contributed by atoms with Crippen molar-refractivity contribution in [2.75, 3.05) is 11.5 Å². The number of para-hydroxylation sites is 1. The monoisotopic (exact) mass is 444 g/mol. The highest BCUT2D eigenvalue weighted by Gasteiger charge is 2.33. The van der Waals surface area contributed by atoms with Gasteiger partial charge in [-0.1, -0.05) is 18.2 Å². The molecule has 5 aromatic rings. The maximum atomic E-state index is 13.4. The second-order valence-electron chi connectivity index (χ2n) is 6.65. The number of furan rings is 1. The molecule has 0 spiro atoms. The molecule has 0 unspecified atom stereocenters. The van der Waals surface area contributed by atoms with E-state index in [0.717, 1.165) is 16.0 Å². The molecule has 0 saturated carbocycles. The zero-order valence-electron chi connectivity index (χ0n) is 16.1. The number of fused-ring (bicyclic) bond motifs is 1. The van der Waals surface area contributed by atoms with E-state index in [1.54, 1.807) is 42.5 Å². The van der Waals surface area contributed by atoms with Crippen molar-refractivity contribution in [3.05, 3.63) is 64.9 Å². The molecule has 0 bridgehead atoms. The van der Waals surface area contributed by atoms with Gasteiger partial charge >= 0.3 is 5.69 Å². The summed E-state index contributed by atoms with van der Waals surface area (Å²) in [6, 6.07) is 13.9. The molecule has 0 aliphatic rings. The van der Waals surface area contributed by atoms with Crippen LogP contribution < -0.4 is 21.3 Å². The van der Waals surface area contributed by atoms with Gasteiger partial charge in [0.25, 0.3) is 5.78 Å². The Hall–Kier alpha value is -4.69. The van der Waals surface area contributed by atoms with E-state index in [2.05, 4.69) is 10.3 Å². The third-order valence-electron chi connectivity index (χ3n) is 4.82. The van der Waals surface area contributed by atoms with Crippen LogP contribution in [0.15, 0.2) is 57.7 Å². The number of nitrogen functional groups attached to an aromatic ring is 2. The third-order valence-corrected chi connectivity index (χ3v) is 5.91. The zero-order chi connectivity index (χ0) is 22.4. The summed E-state index contributed by atoms with van der Waals surface area (Å²) in [5.74, 6) is -1.28. The lowest BCUT2D eigenvalue weighted by Crippen LogP contribution is -2.39. The van der Waals surface area contributed by atoms with Crippen LogP contribution in [0.5, 0.6) is 5.95 Å². The van der Waals surface area contributed by atoms with Gasteiger partial charge < -0.3 is 25.5 Å². The van der Waals surface area contributed by atoms with Gasteiger partial charge in [-0.25, -0.2) is 4.98 Å². The molecule has 156 valence electrons. The third kappa shape index (κ3) is 2.78. The van der Waals surface area contributed by atoms with Gasteiger partial charge in [0.05, 0.1) is 22.8 Å². The van der Waals surface area contributed by atoms with Crippen LogP contribution in [-0.4, -0.2) is 16.0 Å². The van der Waals surface area contributed by atoms with Crippen LogP contribution in [0.2, 0.25) is 0 Å². The molecular formula is C21H12N6O4S. The first kappa shape index (κ1) is 19.3. The highest BCUT2D eigenvalue weighted by atomic mass is 32.1. The summed E-state index contributed by atoms with van der Waals surface area (Å²) in [5.41, 5.74) is 12.9. The predicted molar refractivity (Wildman–Crippen MR) is 112 cm³/mol. The molecule has 10 nitrogen and oxygen atoms in total. The van der Waals surface area contributed by atoms with E-state index >= 15 is 0 Å². The molecule has 32 heavy (non-hydrogen) atoms. The number of nitrogens with zero attached hydrogens (tertiary/aromatic N) is 4. The molecule has 11 heteroatoms. The van der Waals surface area contributed by atoms with Gasteiger partial charge in [0.15, 0.2) is 5.95 Å². The maximum Gasteiger partial charge on any atom is 0.312 e. The number of pyridine rings is 1. The predicted octanol–water partition coefficient (Wildman–Crippen LogP) is 2.16. The SMILES string of the molecule is N#Cc1c(N)nc2sc(C(=O)c3c([O-])on[n+]3-c3ccccc3)c(N)c2c1-c1ccco1. The summed E-state index contributed by atoms with van der Waals surface area (Å²) in [6.45, 7) is 0. The maximum absolute atomic E-state index is 13.4. The lowest BCUT2D eigenvalue weighted by molar-refractivity contribution is -0.672. The molecule has 0 aliphatic heterocycles. The number of hydrogen-bond donors (Lipinski definition) is 2. The lowest BCUT2D eigenvalue weighted by atomic mass is 10.0. The topological polar surface area (TPSA) is 172 Å². The summed E-state index contributed by atoms with van der Waals surface area (Å²) in [7, 11) is 0. The second kappa shape index (κ2) is 7.22. The van der Waals surface area contributed by atoms with E-state index in [4.69, 9.17) is 20.4 Å². The van der Waals surface area contributed by atoms with Crippen molar-refractivity contribution >= 4 is 38.8 Å². The molecule has 0 atom stereocenters. The highest BCUT2D eigenvalue weighted by molar-refractivity contribution is 7.21. The Morgan fingerprint density at radius 1 is 1.19 bits per heavy atom. The Labute approximate surface area is 183 Å². The van der Waals surface area contributed by atoms with Gasteiger partial charge in [0, 0.05) is 17.5 Å². The van der Waals surface area contributed by atoms with E-state index in [9.17, 15) is 15.2 Å². The van der Waals surface area contributed by atoms with Crippen molar-refractivity contribution in [2.24, 2.45) is 0 Å². The van der Waals surface area contributed by atoms with Gasteiger partial charge in [-0.2, -0.15) is 5.26 Å². The highest BCUT2D eigenvalue weighted by Crippen LogP contribution is 2.43. The van der Waals surface area contributed by atoms with Crippen molar-refractivity contribution in [3.8, 4) is 29.0 Å². The minimum Gasteiger partial charge on any atom is -0.539 e. The molecule has 5 rings (SSSR count). The first-order chi connectivity index (χ1) is 15.5. The quantitative estimate of drug-likeness (QED) is 0.311. The molecule has 0 amide bonds. The summed E-state index contributed by atoms with van der Waals surface area (Å²) in [4.78, 5) is 18.0. The summed E-state index contributed by atoms with van der Waals surface area (Å²) >= 11 is 0.949. The standard InChI is InChI=1S/C21H12N6O4S/c22-9-11-13(12-7-4-8-30-12)14-15(23)18(32-20(14)25-19(11)24)17(28)16-21(29)31-26-27(16)10-5-2-1-3-6-10/h1-8H,(H4-,23,24,25,26,28,29). The molecule has 4 heterocycles. The molecule has 4 N–H and O–H groups in total. The van der Waals surface area contributed by atoms with Crippen molar-refractivity contribution in [1.82, 2.24) is 10.3 Å². The van der Waals surface area contributed by atoms with Crippen molar-refractivity contribution in [2.45, 2.75) is 0 Å². The number of thiophene rings is 1. The fraction of sp³-hybridized carbons (Fsp3) is 0. The molecule has 4 aromatic heterocycles. The number of carbonyl (C=O) groups excluding carboxylic acids is 1. The van der Waals surface area contributed by atoms with Gasteiger partial charge in [-0.3, -0.25) is 4.79 Å². The summed E-state index contributed by atoms with van der Waals surface area (Å²) in [6.07, 6.45) is 1.44. The minimum absolute atomic E-state index is 0.0273. The fourth-order valence-electron chi connectivity index (χ4n) is 3.41. The summed E-state index contributed by atoms with van der Waals surface area (Å²) < 4.78 is 11.3. The number of ketones is 1. The van der Waals surface area contributed by atoms with Crippen molar-refractivity contribution in [1.29, 1.82) is 5.26 Å². The van der Waals surface area contributed by atoms with Crippen LogP contribution in [0.1, 0.15) is 20.9 Å². The largest absolute Gasteiger partial charge is 0.539 e. The lowest BCUT2D eigenvalue weighted by Gasteiger charge is -2.06. The van der Waals surface area contributed by atoms with E-state index in [1.165, 1.54) is 6.26 Å². The van der Waals surface area contributed by atoms with Gasteiger partial charge in [0.2, 0.25) is 5.69 Å². The van der Waals surface area contributed by atoms with Crippen LogP contribution >= 0.6 is 11.3 Å². The molecule has 0 saturated heterocycles. The molecule has 1 aromatic carbocycles. The van der Waals surface area contributed by atoms with Crippen LogP contribution in [0.4, 0.5) is 11.5 Å². The van der Waals surface area contributed by atoms with Crippen LogP contribution in [-0.2, 0) is 0 Å². The number of rotatable bonds is 4. The Morgan fingerprint density at radius 3 is 2.66 bits per heavy atom. The van der Waals surface area contributed by atoms with E-state index < -0.39 is 11.7 Å². The number of nitrogens with two attached hydrogens (primary N) is 2. The molecule has 0 radical (unpaired) electrons. The first-order valence-electron chi connectivity index (χ1n) is 9.15. The van der Waals surface area contributed by atoms with Gasteiger partial charge in [-0.05, 0) is 16.8 Å². The van der Waals surface area contributed by atoms with Crippen LogP contribution in [0, 0.1) is 11.3 Å². The van der Waals surface area contributed by atoms with E-state index in [0.29, 0.717) is 27.2 Å². The Kier molecular flexibility index (Phi) is 4.35. The number of carbonyl (C=O) groups is 1. The van der Waals surface area contributed by atoms with Gasteiger partial charge in [0.1, 0.15) is 32.9 Å². The molecule has 0 aliphatic carbocycles. The number of aromatic nitrogens is 3. The minimum atomic E-state index is -0.910. The smallest absolute Gasteiger partial charge is 0.312 e.